The lowest BCUT2D eigenvalue weighted by atomic mass is 10.1. The van der Waals surface area contributed by atoms with E-state index >= 15 is 0 Å². The molecule has 2 amide bonds. The Kier molecular flexibility index (Phi) is 6.86. The van der Waals surface area contributed by atoms with Crippen molar-refractivity contribution in [2.45, 2.75) is 13.8 Å². The van der Waals surface area contributed by atoms with E-state index in [0.717, 1.165) is 16.9 Å². The third kappa shape index (κ3) is 5.13. The number of hydrogen-bond acceptors (Lipinski definition) is 4. The first-order valence-corrected chi connectivity index (χ1v) is 8.42. The Labute approximate surface area is 157 Å². The van der Waals surface area contributed by atoms with Gasteiger partial charge in [-0.1, -0.05) is 23.7 Å². The minimum atomic E-state index is -0.507. The molecule has 0 bridgehead atoms. The van der Waals surface area contributed by atoms with Gasteiger partial charge in [-0.15, -0.1) is 0 Å². The molecule has 6 nitrogen and oxygen atoms in total. The maximum atomic E-state index is 12.0. The van der Waals surface area contributed by atoms with Gasteiger partial charge in [-0.25, -0.2) is 9.59 Å². The number of carbonyl (C=O) groups is 2. The Balaban J connectivity index is 1.85. The van der Waals surface area contributed by atoms with Crippen molar-refractivity contribution in [2.24, 2.45) is 0 Å². The van der Waals surface area contributed by atoms with Crippen molar-refractivity contribution in [3.63, 3.8) is 0 Å². The molecule has 7 heteroatoms. The summed E-state index contributed by atoms with van der Waals surface area (Å²) in [6.07, 6.45) is 0. The van der Waals surface area contributed by atoms with E-state index in [0.29, 0.717) is 29.4 Å². The van der Waals surface area contributed by atoms with E-state index in [-0.39, 0.29) is 0 Å². The number of carbonyl (C=O) groups excluding carboxylic acids is 2. The van der Waals surface area contributed by atoms with Gasteiger partial charge in [-0.3, -0.25) is 0 Å². The number of esters is 1. The Hall–Kier alpha value is -2.73. The van der Waals surface area contributed by atoms with Crippen LogP contribution in [0.25, 0.3) is 0 Å². The molecule has 0 heterocycles. The predicted molar refractivity (Wildman–Crippen MR) is 101 cm³/mol. The highest BCUT2D eigenvalue weighted by Crippen LogP contribution is 2.23. The van der Waals surface area contributed by atoms with Crippen LogP contribution >= 0.6 is 11.6 Å². The molecule has 0 saturated heterocycles. The van der Waals surface area contributed by atoms with Crippen molar-refractivity contribution in [3.05, 3.63) is 58.1 Å². The Morgan fingerprint density at radius 2 is 1.92 bits per heavy atom. The Bertz CT molecular complexity index is 808. The van der Waals surface area contributed by atoms with E-state index in [1.54, 1.807) is 0 Å². The summed E-state index contributed by atoms with van der Waals surface area (Å²) < 4.78 is 10.3. The summed E-state index contributed by atoms with van der Waals surface area (Å²) in [5, 5.41) is 5.60. The van der Waals surface area contributed by atoms with Gasteiger partial charge in [0.15, 0.2) is 0 Å². The average molecular weight is 377 g/mol. The van der Waals surface area contributed by atoms with Gasteiger partial charge in [0, 0.05) is 0 Å². The molecule has 0 aliphatic rings. The van der Waals surface area contributed by atoms with E-state index < -0.39 is 12.0 Å². The van der Waals surface area contributed by atoms with Crippen molar-refractivity contribution in [2.75, 3.05) is 25.6 Å². The lowest BCUT2D eigenvalue weighted by Crippen LogP contribution is -2.32. The van der Waals surface area contributed by atoms with Crippen LogP contribution in [0.1, 0.15) is 21.5 Å². The number of benzene rings is 2. The molecule has 0 fully saturated rings. The first-order valence-electron chi connectivity index (χ1n) is 8.04. The highest BCUT2D eigenvalue weighted by atomic mass is 35.5. The highest BCUT2D eigenvalue weighted by molar-refractivity contribution is 6.33. The predicted octanol–water partition coefficient (Wildman–Crippen LogP) is 3.94. The summed E-state index contributed by atoms with van der Waals surface area (Å²) in [5.74, 6) is 0.285. The molecule has 2 aromatic rings. The van der Waals surface area contributed by atoms with E-state index in [1.165, 1.54) is 25.3 Å². The van der Waals surface area contributed by atoms with Gasteiger partial charge in [0.1, 0.15) is 12.4 Å². The maximum absolute atomic E-state index is 12.0. The fourth-order valence-electron chi connectivity index (χ4n) is 2.24. The third-order valence-corrected chi connectivity index (χ3v) is 4.17. The zero-order valence-electron chi connectivity index (χ0n) is 14.9. The number of hydrogen-bond donors (Lipinski definition) is 2. The summed E-state index contributed by atoms with van der Waals surface area (Å²) in [6, 6.07) is 9.88. The number of nitrogens with one attached hydrogen (secondary N) is 2. The van der Waals surface area contributed by atoms with Crippen LogP contribution in [0.3, 0.4) is 0 Å². The molecule has 0 spiro atoms. The van der Waals surface area contributed by atoms with Crippen LogP contribution in [0.4, 0.5) is 10.5 Å². The van der Waals surface area contributed by atoms with Crippen LogP contribution < -0.4 is 15.4 Å². The van der Waals surface area contributed by atoms with E-state index in [9.17, 15) is 9.59 Å². The van der Waals surface area contributed by atoms with Gasteiger partial charge in [0.05, 0.1) is 29.9 Å². The SMILES string of the molecule is COC(=O)c1ccc(Cl)c(NC(=O)NCCOc2cccc(C)c2C)c1. The van der Waals surface area contributed by atoms with Crippen molar-refractivity contribution in [3.8, 4) is 5.75 Å². The van der Waals surface area contributed by atoms with Gasteiger partial charge in [-0.05, 0) is 49.2 Å². The summed E-state index contributed by atoms with van der Waals surface area (Å²) in [6.45, 7) is 4.64. The standard InChI is InChI=1S/C19H21ClN2O4/c1-12-5-4-6-17(13(12)2)26-10-9-21-19(24)22-16-11-14(18(23)25-3)7-8-15(16)20/h4-8,11H,9-10H2,1-3H3,(H2,21,22,24). The van der Waals surface area contributed by atoms with Gasteiger partial charge >= 0.3 is 12.0 Å². The molecule has 138 valence electrons. The van der Waals surface area contributed by atoms with Gasteiger partial charge in [0.2, 0.25) is 0 Å². The average Bonchev–Trinajstić information content (AvgIpc) is 2.63. The molecule has 0 radical (unpaired) electrons. The van der Waals surface area contributed by atoms with Crippen molar-refractivity contribution < 1.29 is 19.1 Å². The summed E-state index contributed by atoms with van der Waals surface area (Å²) in [4.78, 5) is 23.5. The summed E-state index contributed by atoms with van der Waals surface area (Å²) >= 11 is 6.04. The Morgan fingerprint density at radius 1 is 1.15 bits per heavy atom. The number of anilines is 1. The zero-order chi connectivity index (χ0) is 19.1. The first kappa shape index (κ1) is 19.6. The fourth-order valence-corrected chi connectivity index (χ4v) is 2.40. The van der Waals surface area contributed by atoms with E-state index in [1.807, 2.05) is 32.0 Å². The molecular weight excluding hydrogens is 356 g/mol. The molecule has 2 aromatic carbocycles. The van der Waals surface area contributed by atoms with Crippen LogP contribution in [0.15, 0.2) is 36.4 Å². The van der Waals surface area contributed by atoms with Crippen molar-refractivity contribution in [1.82, 2.24) is 5.32 Å². The quantitative estimate of drug-likeness (QED) is 0.591. The third-order valence-electron chi connectivity index (χ3n) is 3.84. The fraction of sp³-hybridized carbons (Fsp3) is 0.263. The Morgan fingerprint density at radius 3 is 2.65 bits per heavy atom. The molecule has 0 atom stereocenters. The largest absolute Gasteiger partial charge is 0.491 e. The van der Waals surface area contributed by atoms with Crippen molar-refractivity contribution >= 4 is 29.3 Å². The number of aryl methyl sites for hydroxylation is 1. The normalized spacial score (nSPS) is 10.2. The summed E-state index contributed by atoms with van der Waals surface area (Å²) in [7, 11) is 1.28. The number of amides is 2. The maximum Gasteiger partial charge on any atom is 0.337 e. The number of methoxy groups -OCH3 is 1. The minimum absolute atomic E-state index is 0.297. The zero-order valence-corrected chi connectivity index (χ0v) is 15.6. The second-order valence-electron chi connectivity index (χ2n) is 5.61. The molecule has 2 rings (SSSR count). The molecule has 2 N–H and O–H groups in total. The van der Waals surface area contributed by atoms with Crippen LogP contribution in [0.2, 0.25) is 5.02 Å². The molecule has 0 unspecified atom stereocenters. The number of ether oxygens (including phenoxy) is 2. The smallest absolute Gasteiger partial charge is 0.337 e. The molecule has 26 heavy (non-hydrogen) atoms. The van der Waals surface area contributed by atoms with Crippen LogP contribution in [-0.2, 0) is 4.74 Å². The molecule has 0 saturated carbocycles. The first-order chi connectivity index (χ1) is 12.4. The molecular formula is C19H21ClN2O4. The van der Waals surface area contributed by atoms with E-state index in [2.05, 4.69) is 15.4 Å². The second kappa shape index (κ2) is 9.10. The van der Waals surface area contributed by atoms with Crippen molar-refractivity contribution in [1.29, 1.82) is 0 Å². The van der Waals surface area contributed by atoms with E-state index in [4.69, 9.17) is 16.3 Å². The topological polar surface area (TPSA) is 76.7 Å². The highest BCUT2D eigenvalue weighted by Gasteiger charge is 2.11. The molecule has 0 aliphatic carbocycles. The lowest BCUT2D eigenvalue weighted by Gasteiger charge is -2.12. The van der Waals surface area contributed by atoms with Gasteiger partial charge < -0.3 is 20.1 Å². The second-order valence-corrected chi connectivity index (χ2v) is 6.02. The number of rotatable bonds is 6. The number of halogens is 1. The van der Waals surface area contributed by atoms with Crippen LogP contribution in [0.5, 0.6) is 5.75 Å². The van der Waals surface area contributed by atoms with Gasteiger partial charge in [0.25, 0.3) is 0 Å². The van der Waals surface area contributed by atoms with Gasteiger partial charge in [-0.2, -0.15) is 0 Å². The lowest BCUT2D eigenvalue weighted by molar-refractivity contribution is 0.0600. The monoisotopic (exact) mass is 376 g/mol. The molecule has 0 aromatic heterocycles. The molecule has 0 aliphatic heterocycles. The van der Waals surface area contributed by atoms with Crippen LogP contribution in [0, 0.1) is 13.8 Å². The number of urea groups is 1. The minimum Gasteiger partial charge on any atom is -0.491 e. The summed E-state index contributed by atoms with van der Waals surface area (Å²) in [5.41, 5.74) is 2.84. The van der Waals surface area contributed by atoms with Crippen LogP contribution in [-0.4, -0.2) is 32.3 Å².